The lowest BCUT2D eigenvalue weighted by molar-refractivity contribution is 0.736. The number of hydrogen-bond donors (Lipinski definition) is 2. The van der Waals surface area contributed by atoms with Crippen LogP contribution in [0.5, 0.6) is 0 Å². The van der Waals surface area contributed by atoms with Crippen molar-refractivity contribution in [1.29, 1.82) is 0 Å². The number of pyridine rings is 1. The summed E-state index contributed by atoms with van der Waals surface area (Å²) in [5, 5.41) is 3.83. The second-order valence-electron chi connectivity index (χ2n) is 17.0. The van der Waals surface area contributed by atoms with Crippen molar-refractivity contribution in [3.8, 4) is 22.8 Å². The van der Waals surface area contributed by atoms with Crippen molar-refractivity contribution < 1.29 is 0 Å². The maximum Gasteiger partial charge on any atom is 0.140 e. The molecule has 3 aromatic carbocycles. The zero-order chi connectivity index (χ0) is 59.1. The third-order valence-electron chi connectivity index (χ3n) is 9.07. The fourth-order valence-corrected chi connectivity index (χ4v) is 5.81. The quantitative estimate of drug-likeness (QED) is 0.181. The fraction of sp³-hybridized carbons (Fsp3) is 0.582. The molecule has 0 saturated carbocycles. The number of fused-ring (bicyclic) bond motifs is 2. The molecule has 0 bridgehead atoms. The van der Waals surface area contributed by atoms with Crippen molar-refractivity contribution in [2.24, 2.45) is 24.8 Å². The minimum Gasteiger partial charge on any atom is -0.338 e. The lowest BCUT2D eigenvalue weighted by atomic mass is 9.89. The van der Waals surface area contributed by atoms with E-state index in [1.807, 2.05) is 179 Å². The zero-order valence-electron chi connectivity index (χ0n) is 54.8. The summed E-state index contributed by atoms with van der Waals surface area (Å²) in [6.45, 7) is 70.8. The summed E-state index contributed by atoms with van der Waals surface area (Å²) in [6.07, 6.45) is 3.64. The molecular formula is C67H125N7. The number of aromatic nitrogens is 7. The zero-order valence-corrected chi connectivity index (χ0v) is 54.8. The van der Waals surface area contributed by atoms with Gasteiger partial charge in [0.1, 0.15) is 11.6 Å². The number of benzene rings is 3. The van der Waals surface area contributed by atoms with Gasteiger partial charge in [-0.3, -0.25) is 9.67 Å². The molecule has 0 spiro atoms. The van der Waals surface area contributed by atoms with Gasteiger partial charge in [0.2, 0.25) is 0 Å². The lowest BCUT2D eigenvalue weighted by Crippen LogP contribution is -2.00. The van der Waals surface area contributed by atoms with Crippen LogP contribution in [0.4, 0.5) is 0 Å². The van der Waals surface area contributed by atoms with Gasteiger partial charge in [-0.05, 0) is 149 Å². The molecule has 0 atom stereocenters. The SMILES string of the molecule is C.CC.CC.CC.CC.CC.CC.CC.CC.CC(C)C.CC(C)C.CC(C)C.Cc1c(C)c(C)c(-c2nc3ccccc3[nH]2)c(C)c1C.Cc1nc(C)c(-c2nc3ccccc3[nH]2)c(C)c1C.Cn1cccn1. The first-order chi connectivity index (χ1) is 34.7. The highest BCUT2D eigenvalue weighted by Gasteiger charge is 2.17. The van der Waals surface area contributed by atoms with Crippen molar-refractivity contribution in [3.05, 3.63) is 117 Å². The van der Waals surface area contributed by atoms with Gasteiger partial charge in [-0.15, -0.1) is 0 Å². The van der Waals surface area contributed by atoms with Gasteiger partial charge in [0.25, 0.3) is 0 Å². The third-order valence-corrected chi connectivity index (χ3v) is 9.07. The van der Waals surface area contributed by atoms with E-state index in [1.165, 1.54) is 44.5 Å². The van der Waals surface area contributed by atoms with Gasteiger partial charge in [0, 0.05) is 42.0 Å². The topological polar surface area (TPSA) is 88.1 Å². The van der Waals surface area contributed by atoms with E-state index in [4.69, 9.17) is 4.98 Å². The van der Waals surface area contributed by atoms with Crippen LogP contribution in [0.25, 0.3) is 44.8 Å². The highest BCUT2D eigenvalue weighted by Crippen LogP contribution is 2.33. The first-order valence-electron chi connectivity index (χ1n) is 28.5. The van der Waals surface area contributed by atoms with Gasteiger partial charge in [0.05, 0.1) is 22.1 Å². The molecule has 0 radical (unpaired) electrons. The number of nitrogens with one attached hydrogen (secondary N) is 2. The number of H-pyrrole nitrogens is 2. The van der Waals surface area contributed by atoms with E-state index in [1.54, 1.807) is 10.9 Å². The van der Waals surface area contributed by atoms with Crippen molar-refractivity contribution in [2.75, 3.05) is 0 Å². The number of rotatable bonds is 2. The average molecular weight is 1030 g/mol. The smallest absolute Gasteiger partial charge is 0.140 e. The minimum atomic E-state index is 0. The molecule has 428 valence electrons. The average Bonchev–Trinajstić information content (AvgIpc) is 4.17. The Morgan fingerprint density at radius 2 is 0.649 bits per heavy atom. The molecule has 2 N–H and O–H groups in total. The van der Waals surface area contributed by atoms with Crippen LogP contribution in [0.3, 0.4) is 0 Å². The van der Waals surface area contributed by atoms with Crippen LogP contribution in [-0.2, 0) is 7.05 Å². The molecule has 4 heterocycles. The third kappa shape index (κ3) is 34.4. The molecule has 7 rings (SSSR count). The molecule has 0 aliphatic carbocycles. The second kappa shape index (κ2) is 54.2. The molecule has 0 amide bonds. The molecule has 7 nitrogen and oxygen atoms in total. The van der Waals surface area contributed by atoms with E-state index in [0.717, 1.165) is 68.4 Å². The van der Waals surface area contributed by atoms with Crippen LogP contribution in [0, 0.1) is 80.1 Å². The van der Waals surface area contributed by atoms with Gasteiger partial charge in [-0.2, -0.15) is 5.10 Å². The van der Waals surface area contributed by atoms with Gasteiger partial charge in [-0.25, -0.2) is 9.97 Å². The Kier molecular flexibility index (Phi) is 62.8. The van der Waals surface area contributed by atoms with Gasteiger partial charge in [-0.1, -0.05) is 205 Å². The lowest BCUT2D eigenvalue weighted by Gasteiger charge is -2.17. The number of imidazole rings is 2. The molecule has 74 heavy (non-hydrogen) atoms. The molecular weight excluding hydrogens is 903 g/mol. The normalized spacial score (nSPS) is 8.73. The van der Waals surface area contributed by atoms with Crippen LogP contribution >= 0.6 is 0 Å². The Morgan fingerprint density at radius 1 is 0.365 bits per heavy atom. The monoisotopic (exact) mass is 1030 g/mol. The first-order valence-corrected chi connectivity index (χ1v) is 28.5. The van der Waals surface area contributed by atoms with E-state index < -0.39 is 0 Å². The Hall–Kier alpha value is -5.04. The molecule has 4 aromatic heterocycles. The number of para-hydroxylation sites is 4. The van der Waals surface area contributed by atoms with E-state index in [9.17, 15) is 0 Å². The highest BCUT2D eigenvalue weighted by molar-refractivity contribution is 5.82. The van der Waals surface area contributed by atoms with E-state index >= 15 is 0 Å². The van der Waals surface area contributed by atoms with Crippen molar-refractivity contribution >= 4 is 22.1 Å². The van der Waals surface area contributed by atoms with Gasteiger partial charge in [0.15, 0.2) is 0 Å². The molecule has 0 aliphatic heterocycles. The number of aryl methyl sites for hydroxylation is 3. The number of nitrogens with zero attached hydrogens (tertiary/aromatic N) is 5. The highest BCUT2D eigenvalue weighted by atomic mass is 15.2. The summed E-state index contributed by atoms with van der Waals surface area (Å²) in [6, 6.07) is 18.2. The van der Waals surface area contributed by atoms with E-state index in [0.29, 0.717) is 0 Å². The Labute approximate surface area is 462 Å². The molecule has 7 heteroatoms. The first kappa shape index (κ1) is 85.7. The Morgan fingerprint density at radius 3 is 0.919 bits per heavy atom. The van der Waals surface area contributed by atoms with Gasteiger partial charge < -0.3 is 9.97 Å². The predicted octanol–water partition coefficient (Wildman–Crippen LogP) is 22.9. The van der Waals surface area contributed by atoms with Crippen molar-refractivity contribution in [2.45, 2.75) is 243 Å². The summed E-state index contributed by atoms with van der Waals surface area (Å²) >= 11 is 0. The molecule has 0 fully saturated rings. The van der Waals surface area contributed by atoms with Crippen LogP contribution in [0.15, 0.2) is 67.0 Å². The van der Waals surface area contributed by atoms with Crippen molar-refractivity contribution in [1.82, 2.24) is 34.7 Å². The Bertz CT molecular complexity index is 2150. The summed E-state index contributed by atoms with van der Waals surface area (Å²) in [4.78, 5) is 20.9. The maximum atomic E-state index is 4.76. The van der Waals surface area contributed by atoms with Crippen molar-refractivity contribution in [3.63, 3.8) is 0 Å². The number of aromatic amines is 2. The molecule has 7 aromatic rings. The predicted molar refractivity (Wildman–Crippen MR) is 346 cm³/mol. The standard InChI is InChI=1S/C18H20N2.C16H17N3.C4H6N2.3C4H10.8C2H6.CH4/c1-10-11(2)13(4)17(14(5)12(10)3)18-19-15-8-6-7-9-16(15)20-18;1-9-10(2)15(12(4)17-11(9)3)16-18-13-7-5-6-8-14(13)19-16;1-6-4-2-3-5-6;3*1-4(2)3;8*1-2;/h6-9H,1-5H3,(H,19,20);5-8H,1-4H3,(H,18,19);2-4H,1H3;3*4H,1-3H3;8*1-2H3;1H4. The van der Waals surface area contributed by atoms with Crippen LogP contribution in [0.2, 0.25) is 0 Å². The van der Waals surface area contributed by atoms with E-state index in [2.05, 4.69) is 149 Å². The summed E-state index contributed by atoms with van der Waals surface area (Å²) in [5.74, 6) is 4.39. The van der Waals surface area contributed by atoms with Gasteiger partial charge >= 0.3 is 0 Å². The maximum absolute atomic E-state index is 4.76. The largest absolute Gasteiger partial charge is 0.338 e. The molecule has 0 aliphatic rings. The van der Waals surface area contributed by atoms with E-state index in [-0.39, 0.29) is 7.43 Å². The number of hydrogen-bond acceptors (Lipinski definition) is 4. The summed E-state index contributed by atoms with van der Waals surface area (Å²) in [7, 11) is 1.89. The second-order valence-corrected chi connectivity index (χ2v) is 17.0. The fourth-order valence-electron chi connectivity index (χ4n) is 5.81. The van der Waals surface area contributed by atoms with Crippen LogP contribution in [0.1, 0.15) is 231 Å². The van der Waals surface area contributed by atoms with Crippen LogP contribution in [-0.4, -0.2) is 34.7 Å². The molecule has 0 unspecified atom stereocenters. The Balaban J connectivity index is -0.000000123. The van der Waals surface area contributed by atoms with Crippen LogP contribution < -0.4 is 0 Å². The summed E-state index contributed by atoms with van der Waals surface area (Å²) < 4.78 is 1.75. The molecule has 0 saturated heterocycles. The summed E-state index contributed by atoms with van der Waals surface area (Å²) in [5.41, 5.74) is 17.9. The minimum absolute atomic E-state index is 0.